The maximum absolute atomic E-state index is 2.43. The molecule has 0 nitrogen and oxygen atoms in total. The first kappa shape index (κ1) is 12.5. The molecule has 0 unspecified atom stereocenters. The molecule has 0 atom stereocenters. The molecule has 0 aromatic carbocycles. The van der Waals surface area contributed by atoms with Gasteiger partial charge in [0, 0.05) is 0 Å². The van der Waals surface area contributed by atoms with Crippen molar-refractivity contribution in [2.45, 2.75) is 61.3 Å². The maximum Gasteiger partial charge on any atom is -0.0121 e. The summed E-state index contributed by atoms with van der Waals surface area (Å²) in [7, 11) is 0. The Morgan fingerprint density at radius 2 is 1.53 bits per heavy atom. The normalized spacial score (nSPS) is 18.5. The van der Waals surface area contributed by atoms with Crippen molar-refractivity contribution in [3.8, 4) is 0 Å². The Labute approximate surface area is 95.5 Å². The predicted octanol–water partition coefficient (Wildman–Crippen LogP) is 5.12. The molecule has 0 aliphatic heterocycles. The molecular formula is C15H26. The zero-order valence-corrected chi connectivity index (χ0v) is 11.5. The lowest BCUT2D eigenvalue weighted by molar-refractivity contribution is 0.448. The average Bonchev–Trinajstić information content (AvgIpc) is 2.44. The molecule has 0 heterocycles. The van der Waals surface area contributed by atoms with E-state index >= 15 is 0 Å². The van der Waals surface area contributed by atoms with Crippen LogP contribution in [-0.2, 0) is 0 Å². The maximum atomic E-state index is 2.43. The van der Waals surface area contributed by atoms with Crippen molar-refractivity contribution in [2.24, 2.45) is 10.8 Å². The molecule has 0 aromatic rings. The fourth-order valence-corrected chi connectivity index (χ4v) is 2.56. The van der Waals surface area contributed by atoms with Crippen LogP contribution in [0.3, 0.4) is 0 Å². The SMILES string of the molecule is CCC1=CCC(C(C)(C)C)=C1C(C)(C)C. The van der Waals surface area contributed by atoms with Crippen LogP contribution in [0.1, 0.15) is 61.3 Å². The van der Waals surface area contributed by atoms with Crippen molar-refractivity contribution >= 4 is 0 Å². The molecule has 0 amide bonds. The smallest absolute Gasteiger partial charge is 0.0121 e. The summed E-state index contributed by atoms with van der Waals surface area (Å²) in [6.45, 7) is 16.3. The van der Waals surface area contributed by atoms with Gasteiger partial charge in [-0.15, -0.1) is 0 Å². The van der Waals surface area contributed by atoms with Crippen molar-refractivity contribution in [2.75, 3.05) is 0 Å². The highest BCUT2D eigenvalue weighted by Crippen LogP contribution is 2.46. The quantitative estimate of drug-likeness (QED) is 0.559. The van der Waals surface area contributed by atoms with Crippen LogP contribution >= 0.6 is 0 Å². The highest BCUT2D eigenvalue weighted by molar-refractivity contribution is 5.47. The minimum absolute atomic E-state index is 0.293. The fraction of sp³-hybridized carbons (Fsp3) is 0.733. The lowest BCUT2D eigenvalue weighted by Gasteiger charge is -2.31. The molecule has 0 aromatic heterocycles. The number of rotatable bonds is 1. The average molecular weight is 206 g/mol. The molecule has 0 N–H and O–H groups in total. The Bertz CT molecular complexity index is 300. The molecule has 86 valence electrons. The standard InChI is InChI=1S/C15H26/c1-8-11-9-10-12(14(2,3)4)13(11)15(5,6)7/h9H,8,10H2,1-7H3. The van der Waals surface area contributed by atoms with Crippen LogP contribution in [-0.4, -0.2) is 0 Å². The van der Waals surface area contributed by atoms with Crippen LogP contribution in [0.25, 0.3) is 0 Å². The highest BCUT2D eigenvalue weighted by Gasteiger charge is 2.31. The van der Waals surface area contributed by atoms with Crippen LogP contribution in [0.4, 0.5) is 0 Å². The van der Waals surface area contributed by atoms with E-state index in [1.165, 1.54) is 12.8 Å². The van der Waals surface area contributed by atoms with Crippen LogP contribution < -0.4 is 0 Å². The van der Waals surface area contributed by atoms with Gasteiger partial charge in [0.15, 0.2) is 0 Å². The number of hydrogen-bond acceptors (Lipinski definition) is 0. The van der Waals surface area contributed by atoms with E-state index in [0.29, 0.717) is 10.8 Å². The first-order valence-corrected chi connectivity index (χ1v) is 6.11. The van der Waals surface area contributed by atoms with Crippen molar-refractivity contribution in [3.05, 3.63) is 22.8 Å². The van der Waals surface area contributed by atoms with Crippen molar-refractivity contribution < 1.29 is 0 Å². The summed E-state index contributed by atoms with van der Waals surface area (Å²) in [5.74, 6) is 0. The van der Waals surface area contributed by atoms with E-state index < -0.39 is 0 Å². The van der Waals surface area contributed by atoms with Gasteiger partial charge in [-0.05, 0) is 34.8 Å². The van der Waals surface area contributed by atoms with Crippen molar-refractivity contribution in [1.82, 2.24) is 0 Å². The predicted molar refractivity (Wildman–Crippen MR) is 68.9 cm³/mol. The third kappa shape index (κ3) is 2.53. The molecule has 1 aliphatic carbocycles. The zero-order chi connectivity index (χ0) is 11.9. The third-order valence-electron chi connectivity index (χ3n) is 3.21. The summed E-state index contributed by atoms with van der Waals surface area (Å²) < 4.78 is 0. The summed E-state index contributed by atoms with van der Waals surface area (Å²) >= 11 is 0. The zero-order valence-electron chi connectivity index (χ0n) is 11.5. The Morgan fingerprint density at radius 1 is 1.00 bits per heavy atom. The summed E-state index contributed by atoms with van der Waals surface area (Å²) in [6.07, 6.45) is 4.77. The van der Waals surface area contributed by atoms with Crippen molar-refractivity contribution in [3.63, 3.8) is 0 Å². The first-order chi connectivity index (χ1) is 6.68. The van der Waals surface area contributed by atoms with E-state index in [4.69, 9.17) is 0 Å². The van der Waals surface area contributed by atoms with Crippen LogP contribution in [0.5, 0.6) is 0 Å². The Morgan fingerprint density at radius 3 is 1.87 bits per heavy atom. The molecule has 0 heteroatoms. The Hall–Kier alpha value is -0.520. The van der Waals surface area contributed by atoms with Gasteiger partial charge in [0.1, 0.15) is 0 Å². The van der Waals surface area contributed by atoms with E-state index in [1.807, 2.05) is 0 Å². The van der Waals surface area contributed by atoms with Gasteiger partial charge < -0.3 is 0 Å². The summed E-state index contributed by atoms with van der Waals surface area (Å²) in [4.78, 5) is 0. The third-order valence-corrected chi connectivity index (χ3v) is 3.21. The molecular weight excluding hydrogens is 180 g/mol. The largest absolute Gasteiger partial charge is 0.0769 e. The van der Waals surface area contributed by atoms with Gasteiger partial charge in [0.05, 0.1) is 0 Å². The molecule has 0 bridgehead atoms. The van der Waals surface area contributed by atoms with E-state index in [2.05, 4.69) is 54.5 Å². The lowest BCUT2D eigenvalue weighted by atomic mass is 9.74. The highest BCUT2D eigenvalue weighted by atomic mass is 14.4. The van der Waals surface area contributed by atoms with Gasteiger partial charge in [-0.25, -0.2) is 0 Å². The summed E-state index contributed by atoms with van der Waals surface area (Å²) in [5.41, 5.74) is 5.45. The molecule has 0 radical (unpaired) electrons. The van der Waals surface area contributed by atoms with Gasteiger partial charge in [-0.1, -0.05) is 60.1 Å². The lowest BCUT2D eigenvalue weighted by Crippen LogP contribution is -2.18. The molecule has 1 rings (SSSR count). The van der Waals surface area contributed by atoms with Gasteiger partial charge in [-0.2, -0.15) is 0 Å². The first-order valence-electron chi connectivity index (χ1n) is 6.11. The summed E-state index contributed by atoms with van der Waals surface area (Å²) in [5, 5.41) is 0. The van der Waals surface area contributed by atoms with Gasteiger partial charge in [0.25, 0.3) is 0 Å². The van der Waals surface area contributed by atoms with Crippen LogP contribution in [0, 0.1) is 10.8 Å². The number of allylic oxidation sites excluding steroid dienone is 4. The molecule has 0 saturated carbocycles. The van der Waals surface area contributed by atoms with Crippen LogP contribution in [0.15, 0.2) is 22.8 Å². The summed E-state index contributed by atoms with van der Waals surface area (Å²) in [6, 6.07) is 0. The van der Waals surface area contributed by atoms with Crippen molar-refractivity contribution in [1.29, 1.82) is 0 Å². The molecule has 15 heavy (non-hydrogen) atoms. The topological polar surface area (TPSA) is 0 Å². The number of hydrogen-bond donors (Lipinski definition) is 0. The second kappa shape index (κ2) is 3.81. The molecule has 0 fully saturated rings. The second-order valence-corrected chi connectivity index (χ2v) is 6.64. The van der Waals surface area contributed by atoms with Crippen LogP contribution in [0.2, 0.25) is 0 Å². The Balaban J connectivity index is 3.24. The molecule has 0 saturated heterocycles. The van der Waals surface area contributed by atoms with Gasteiger partial charge in [0.2, 0.25) is 0 Å². The monoisotopic (exact) mass is 206 g/mol. The van der Waals surface area contributed by atoms with E-state index in [9.17, 15) is 0 Å². The minimum Gasteiger partial charge on any atom is -0.0769 e. The Kier molecular flexibility index (Phi) is 3.19. The van der Waals surface area contributed by atoms with Gasteiger partial charge in [-0.3, -0.25) is 0 Å². The molecule has 1 aliphatic rings. The van der Waals surface area contributed by atoms with E-state index in [0.717, 1.165) is 0 Å². The minimum atomic E-state index is 0.293. The van der Waals surface area contributed by atoms with E-state index in [1.54, 1.807) is 16.7 Å². The second-order valence-electron chi connectivity index (χ2n) is 6.64. The molecule has 0 spiro atoms. The van der Waals surface area contributed by atoms with E-state index in [-0.39, 0.29) is 0 Å². The fourth-order valence-electron chi connectivity index (χ4n) is 2.56. The van der Waals surface area contributed by atoms with Gasteiger partial charge >= 0.3 is 0 Å².